The summed E-state index contributed by atoms with van der Waals surface area (Å²) in [5.41, 5.74) is 4.77. The average Bonchev–Trinajstić information content (AvgIpc) is 2.25. The second kappa shape index (κ2) is 6.92. The van der Waals surface area contributed by atoms with Crippen molar-refractivity contribution in [3.05, 3.63) is 0 Å². The average molecular weight is 229 g/mol. The Labute approximate surface area is 94.9 Å². The first-order valence-corrected chi connectivity index (χ1v) is 5.65. The molecule has 1 saturated carbocycles. The lowest BCUT2D eigenvalue weighted by molar-refractivity contribution is 0.157. The highest BCUT2D eigenvalue weighted by atomic mass is 16.5. The van der Waals surface area contributed by atoms with Crippen LogP contribution in [-0.2, 0) is 4.74 Å². The van der Waals surface area contributed by atoms with E-state index < -0.39 is 6.09 Å². The molecule has 0 aromatic heterocycles. The molecule has 16 heavy (non-hydrogen) atoms. The number of primary amides is 1. The van der Waals surface area contributed by atoms with E-state index in [1.54, 1.807) is 0 Å². The second-order valence-corrected chi connectivity index (χ2v) is 3.90. The Bertz CT molecular complexity index is 239. The van der Waals surface area contributed by atoms with Crippen LogP contribution in [-0.4, -0.2) is 31.3 Å². The van der Waals surface area contributed by atoms with Gasteiger partial charge in [-0.1, -0.05) is 19.3 Å². The molecule has 0 unspecified atom stereocenters. The van der Waals surface area contributed by atoms with Crippen LogP contribution in [0.4, 0.5) is 9.59 Å². The highest BCUT2D eigenvalue weighted by Gasteiger charge is 2.14. The summed E-state index contributed by atoms with van der Waals surface area (Å²) in [6, 6.07) is 0.0748. The van der Waals surface area contributed by atoms with Gasteiger partial charge in [-0.25, -0.2) is 9.59 Å². The van der Waals surface area contributed by atoms with Crippen LogP contribution in [0, 0.1) is 0 Å². The van der Waals surface area contributed by atoms with Gasteiger partial charge < -0.3 is 21.1 Å². The Hall–Kier alpha value is -1.46. The smallest absolute Gasteiger partial charge is 0.404 e. The lowest BCUT2D eigenvalue weighted by Gasteiger charge is -2.22. The fraction of sp³-hybridized carbons (Fsp3) is 0.800. The minimum absolute atomic E-state index is 0.105. The lowest BCUT2D eigenvalue weighted by atomic mass is 9.96. The van der Waals surface area contributed by atoms with Gasteiger partial charge in [-0.15, -0.1) is 0 Å². The standard InChI is InChI=1S/C10H19N3O3/c11-9(14)16-7-6-12-10(15)13-8-4-2-1-3-5-8/h8H,1-7H2,(H2,11,14)(H2,12,13,15). The summed E-state index contributed by atoms with van der Waals surface area (Å²) in [4.78, 5) is 21.6. The van der Waals surface area contributed by atoms with Crippen LogP contribution in [0.3, 0.4) is 0 Å². The minimum Gasteiger partial charge on any atom is -0.448 e. The number of carbonyl (C=O) groups excluding carboxylic acids is 2. The Morgan fingerprint density at radius 2 is 1.94 bits per heavy atom. The third kappa shape index (κ3) is 5.43. The molecule has 0 bridgehead atoms. The van der Waals surface area contributed by atoms with Crippen molar-refractivity contribution >= 4 is 12.1 Å². The first kappa shape index (κ1) is 12.6. The summed E-state index contributed by atoms with van der Waals surface area (Å²) in [6.45, 7) is 0.384. The fourth-order valence-corrected chi connectivity index (χ4v) is 1.80. The van der Waals surface area contributed by atoms with Crippen molar-refractivity contribution in [3.63, 3.8) is 0 Å². The topological polar surface area (TPSA) is 93.5 Å². The van der Waals surface area contributed by atoms with E-state index in [-0.39, 0.29) is 25.2 Å². The number of hydrogen-bond donors (Lipinski definition) is 3. The summed E-state index contributed by atoms with van der Waals surface area (Å²) in [5, 5.41) is 5.49. The van der Waals surface area contributed by atoms with Crippen molar-refractivity contribution in [3.8, 4) is 0 Å². The first-order chi connectivity index (χ1) is 7.68. The molecule has 0 aromatic rings. The Balaban J connectivity index is 2.03. The fourth-order valence-electron chi connectivity index (χ4n) is 1.80. The number of urea groups is 1. The van der Waals surface area contributed by atoms with E-state index in [4.69, 9.17) is 5.73 Å². The first-order valence-electron chi connectivity index (χ1n) is 5.65. The monoisotopic (exact) mass is 229 g/mol. The van der Waals surface area contributed by atoms with Crippen molar-refractivity contribution in [1.82, 2.24) is 10.6 Å². The molecular weight excluding hydrogens is 210 g/mol. The predicted molar refractivity (Wildman–Crippen MR) is 58.9 cm³/mol. The second-order valence-electron chi connectivity index (χ2n) is 3.90. The third-order valence-electron chi connectivity index (χ3n) is 2.57. The van der Waals surface area contributed by atoms with Crippen molar-refractivity contribution in [2.75, 3.05) is 13.2 Å². The molecule has 0 radical (unpaired) electrons. The molecule has 0 atom stereocenters. The summed E-state index contributed by atoms with van der Waals surface area (Å²) in [7, 11) is 0. The number of nitrogens with two attached hydrogens (primary N) is 1. The quantitative estimate of drug-likeness (QED) is 0.620. The van der Waals surface area contributed by atoms with Crippen LogP contribution in [0.5, 0.6) is 0 Å². The van der Waals surface area contributed by atoms with Crippen LogP contribution in [0.2, 0.25) is 0 Å². The van der Waals surface area contributed by atoms with Crippen LogP contribution >= 0.6 is 0 Å². The molecule has 1 rings (SSSR count). The minimum atomic E-state index is -0.825. The van der Waals surface area contributed by atoms with E-state index in [9.17, 15) is 9.59 Å². The molecule has 0 spiro atoms. The molecule has 4 N–H and O–H groups in total. The maximum Gasteiger partial charge on any atom is 0.404 e. The van der Waals surface area contributed by atoms with Gasteiger partial charge in [0, 0.05) is 6.04 Å². The van der Waals surface area contributed by atoms with Gasteiger partial charge in [0.05, 0.1) is 6.54 Å². The largest absolute Gasteiger partial charge is 0.448 e. The van der Waals surface area contributed by atoms with E-state index in [2.05, 4.69) is 15.4 Å². The van der Waals surface area contributed by atoms with Gasteiger partial charge in [0.25, 0.3) is 0 Å². The van der Waals surface area contributed by atoms with Crippen molar-refractivity contribution in [2.24, 2.45) is 5.73 Å². The molecule has 1 aliphatic rings. The molecule has 1 fully saturated rings. The van der Waals surface area contributed by atoms with Gasteiger partial charge in [-0.2, -0.15) is 0 Å². The molecule has 0 aromatic carbocycles. The number of nitrogens with one attached hydrogen (secondary N) is 2. The zero-order chi connectivity index (χ0) is 11.8. The number of carbonyl (C=O) groups is 2. The predicted octanol–water partition coefficient (Wildman–Crippen LogP) is 0.714. The third-order valence-corrected chi connectivity index (χ3v) is 2.57. The summed E-state index contributed by atoms with van der Waals surface area (Å²) >= 11 is 0. The van der Waals surface area contributed by atoms with E-state index in [1.165, 1.54) is 19.3 Å². The van der Waals surface area contributed by atoms with Gasteiger partial charge >= 0.3 is 12.1 Å². The Morgan fingerprint density at radius 3 is 2.56 bits per heavy atom. The van der Waals surface area contributed by atoms with Crippen molar-refractivity contribution < 1.29 is 14.3 Å². The normalized spacial score (nSPS) is 16.5. The van der Waals surface area contributed by atoms with Gasteiger partial charge in [-0.05, 0) is 12.8 Å². The number of ether oxygens (including phenoxy) is 1. The zero-order valence-corrected chi connectivity index (χ0v) is 9.33. The highest BCUT2D eigenvalue weighted by Crippen LogP contribution is 2.16. The number of rotatable bonds is 4. The van der Waals surface area contributed by atoms with Crippen molar-refractivity contribution in [1.29, 1.82) is 0 Å². The van der Waals surface area contributed by atoms with E-state index in [0.717, 1.165) is 12.8 Å². The van der Waals surface area contributed by atoms with E-state index in [1.807, 2.05) is 0 Å². The highest BCUT2D eigenvalue weighted by molar-refractivity contribution is 5.74. The molecule has 1 aliphatic carbocycles. The molecule has 0 aliphatic heterocycles. The zero-order valence-electron chi connectivity index (χ0n) is 9.33. The number of hydrogen-bond acceptors (Lipinski definition) is 3. The molecule has 92 valence electrons. The summed E-state index contributed by atoms with van der Waals surface area (Å²) < 4.78 is 4.48. The van der Waals surface area contributed by atoms with Gasteiger partial charge in [0.1, 0.15) is 6.61 Å². The summed E-state index contributed by atoms with van der Waals surface area (Å²) in [5.74, 6) is 0. The molecular formula is C10H19N3O3. The van der Waals surface area contributed by atoms with Crippen LogP contribution in [0.15, 0.2) is 0 Å². The maximum absolute atomic E-state index is 11.4. The SMILES string of the molecule is NC(=O)OCCNC(=O)NC1CCCCC1. The molecule has 6 heteroatoms. The van der Waals surface area contributed by atoms with Gasteiger partial charge in [-0.3, -0.25) is 0 Å². The molecule has 0 heterocycles. The lowest BCUT2D eigenvalue weighted by Crippen LogP contribution is -2.44. The molecule has 0 saturated heterocycles. The van der Waals surface area contributed by atoms with Crippen molar-refractivity contribution in [2.45, 2.75) is 38.1 Å². The van der Waals surface area contributed by atoms with E-state index >= 15 is 0 Å². The number of amides is 3. The van der Waals surface area contributed by atoms with Crippen LogP contribution in [0.1, 0.15) is 32.1 Å². The molecule has 3 amide bonds. The summed E-state index contributed by atoms with van der Waals surface area (Å²) in [6.07, 6.45) is 4.88. The van der Waals surface area contributed by atoms with E-state index in [0.29, 0.717) is 0 Å². The van der Waals surface area contributed by atoms with Crippen LogP contribution < -0.4 is 16.4 Å². The Kier molecular flexibility index (Phi) is 5.45. The van der Waals surface area contributed by atoms with Gasteiger partial charge in [0.15, 0.2) is 0 Å². The van der Waals surface area contributed by atoms with Crippen LogP contribution in [0.25, 0.3) is 0 Å². The Morgan fingerprint density at radius 1 is 1.25 bits per heavy atom. The maximum atomic E-state index is 11.4. The van der Waals surface area contributed by atoms with Gasteiger partial charge in [0.2, 0.25) is 0 Å². The molecule has 6 nitrogen and oxygen atoms in total.